The molecule has 0 atom stereocenters. The molecule has 0 aliphatic heterocycles. The van der Waals surface area contributed by atoms with Crippen LogP contribution in [-0.4, -0.2) is 21.2 Å². The van der Waals surface area contributed by atoms with Crippen molar-refractivity contribution in [2.45, 2.75) is 18.7 Å². The number of rotatable bonds is 5. The van der Waals surface area contributed by atoms with E-state index in [1.54, 1.807) is 31.2 Å². The Bertz CT molecular complexity index is 780. The maximum Gasteiger partial charge on any atom is 0.358 e. The number of methoxy groups -OCH3 is 1. The van der Waals surface area contributed by atoms with E-state index in [0.717, 1.165) is 5.56 Å². The zero-order chi connectivity index (χ0) is 16.2. The standard InChI is InChI=1S/C16H17NO4S/c1-12-8-10-14(11-9-12)22(18,19)21-17-13(2)15-6-4-5-7-16(15)20-3/h4-11H,1-3H3/b17-13+. The summed E-state index contributed by atoms with van der Waals surface area (Å²) in [7, 11) is -2.39. The third-order valence-electron chi connectivity index (χ3n) is 3.08. The van der Waals surface area contributed by atoms with Gasteiger partial charge >= 0.3 is 10.1 Å². The first kappa shape index (κ1) is 16.0. The fourth-order valence-electron chi connectivity index (χ4n) is 1.85. The van der Waals surface area contributed by atoms with E-state index >= 15 is 0 Å². The Morgan fingerprint density at radius 2 is 1.68 bits per heavy atom. The smallest absolute Gasteiger partial charge is 0.358 e. The first-order valence-electron chi connectivity index (χ1n) is 6.62. The molecule has 6 heteroatoms. The highest BCUT2D eigenvalue weighted by atomic mass is 32.2. The summed E-state index contributed by atoms with van der Waals surface area (Å²) in [6.07, 6.45) is 0. The molecule has 0 N–H and O–H groups in total. The fraction of sp³-hybridized carbons (Fsp3) is 0.188. The van der Waals surface area contributed by atoms with Crippen LogP contribution in [0.2, 0.25) is 0 Å². The maximum absolute atomic E-state index is 12.1. The molecule has 2 aromatic rings. The first-order chi connectivity index (χ1) is 10.4. The monoisotopic (exact) mass is 319 g/mol. The summed E-state index contributed by atoms with van der Waals surface area (Å²) in [5.41, 5.74) is 2.05. The van der Waals surface area contributed by atoms with Crippen molar-refractivity contribution < 1.29 is 17.4 Å². The quantitative estimate of drug-likeness (QED) is 0.627. The second-order valence-electron chi connectivity index (χ2n) is 4.72. The molecule has 2 rings (SSSR count). The highest BCUT2D eigenvalue weighted by molar-refractivity contribution is 7.86. The lowest BCUT2D eigenvalue weighted by atomic mass is 10.1. The summed E-state index contributed by atoms with van der Waals surface area (Å²) in [5.74, 6) is 0.597. The van der Waals surface area contributed by atoms with Gasteiger partial charge in [-0.05, 0) is 38.1 Å². The number of benzene rings is 2. The summed E-state index contributed by atoms with van der Waals surface area (Å²) in [6, 6.07) is 13.5. The number of nitrogens with zero attached hydrogens (tertiary/aromatic N) is 1. The molecule has 0 aliphatic rings. The molecule has 22 heavy (non-hydrogen) atoms. The van der Waals surface area contributed by atoms with Crippen LogP contribution in [0.4, 0.5) is 0 Å². The van der Waals surface area contributed by atoms with Crippen molar-refractivity contribution in [3.63, 3.8) is 0 Å². The summed E-state index contributed by atoms with van der Waals surface area (Å²) < 4.78 is 34.1. The van der Waals surface area contributed by atoms with E-state index in [2.05, 4.69) is 5.16 Å². The minimum atomic E-state index is -3.93. The second-order valence-corrected chi connectivity index (χ2v) is 6.25. The number of para-hydroxylation sites is 1. The molecule has 0 bridgehead atoms. The summed E-state index contributed by atoms with van der Waals surface area (Å²) >= 11 is 0. The average Bonchev–Trinajstić information content (AvgIpc) is 2.53. The molecule has 0 aromatic heterocycles. The van der Waals surface area contributed by atoms with Crippen LogP contribution >= 0.6 is 0 Å². The Hall–Kier alpha value is -2.34. The van der Waals surface area contributed by atoms with Crippen LogP contribution in [0.1, 0.15) is 18.1 Å². The van der Waals surface area contributed by atoms with Crippen molar-refractivity contribution in [1.29, 1.82) is 0 Å². The largest absolute Gasteiger partial charge is 0.496 e. The van der Waals surface area contributed by atoms with Crippen LogP contribution in [0.15, 0.2) is 58.6 Å². The zero-order valence-corrected chi connectivity index (χ0v) is 13.4. The predicted octanol–water partition coefficient (Wildman–Crippen LogP) is 3.13. The van der Waals surface area contributed by atoms with Crippen LogP contribution in [0, 0.1) is 6.92 Å². The lowest BCUT2D eigenvalue weighted by Crippen LogP contribution is -2.06. The molecule has 5 nitrogen and oxygen atoms in total. The first-order valence-corrected chi connectivity index (χ1v) is 8.03. The minimum Gasteiger partial charge on any atom is -0.496 e. The van der Waals surface area contributed by atoms with Crippen LogP contribution in [0.25, 0.3) is 0 Å². The number of aryl methyl sites for hydroxylation is 1. The van der Waals surface area contributed by atoms with Gasteiger partial charge < -0.3 is 4.74 Å². The molecule has 0 amide bonds. The van der Waals surface area contributed by atoms with Gasteiger partial charge in [0.1, 0.15) is 10.6 Å². The number of oxime groups is 1. The number of hydrogen-bond donors (Lipinski definition) is 0. The predicted molar refractivity (Wildman–Crippen MR) is 84.7 cm³/mol. The molecule has 0 heterocycles. The minimum absolute atomic E-state index is 0.0645. The Balaban J connectivity index is 2.25. The van der Waals surface area contributed by atoms with Crippen molar-refractivity contribution in [1.82, 2.24) is 0 Å². The molecular weight excluding hydrogens is 302 g/mol. The molecule has 0 aliphatic carbocycles. The van der Waals surface area contributed by atoms with Crippen molar-refractivity contribution in [3.8, 4) is 5.75 Å². The van der Waals surface area contributed by atoms with Gasteiger partial charge in [-0.2, -0.15) is 8.42 Å². The highest BCUT2D eigenvalue weighted by Crippen LogP contribution is 2.19. The number of hydrogen-bond acceptors (Lipinski definition) is 5. The Kier molecular flexibility index (Phi) is 4.82. The van der Waals surface area contributed by atoms with Gasteiger partial charge in [0, 0.05) is 5.56 Å². The third kappa shape index (κ3) is 3.65. The molecule has 0 spiro atoms. The van der Waals surface area contributed by atoms with Crippen LogP contribution in [0.3, 0.4) is 0 Å². The van der Waals surface area contributed by atoms with Crippen LogP contribution in [-0.2, 0) is 14.4 Å². The van der Waals surface area contributed by atoms with Gasteiger partial charge in [-0.1, -0.05) is 35.0 Å². The van der Waals surface area contributed by atoms with Gasteiger partial charge in [-0.15, -0.1) is 0 Å². The van der Waals surface area contributed by atoms with E-state index in [0.29, 0.717) is 17.0 Å². The molecular formula is C16H17NO4S. The lowest BCUT2D eigenvalue weighted by molar-refractivity contribution is 0.338. The fourth-order valence-corrected chi connectivity index (χ4v) is 2.61. The summed E-state index contributed by atoms with van der Waals surface area (Å²) in [6.45, 7) is 3.53. The van der Waals surface area contributed by atoms with E-state index in [4.69, 9.17) is 9.02 Å². The van der Waals surface area contributed by atoms with Crippen molar-refractivity contribution in [2.75, 3.05) is 7.11 Å². The SMILES string of the molecule is COc1ccccc1/C(C)=N/OS(=O)(=O)c1ccc(C)cc1. The Morgan fingerprint density at radius 1 is 1.05 bits per heavy atom. The van der Waals surface area contributed by atoms with Crippen molar-refractivity contribution in [3.05, 3.63) is 59.7 Å². The third-order valence-corrected chi connectivity index (χ3v) is 4.20. The van der Waals surface area contributed by atoms with E-state index in [1.165, 1.54) is 19.2 Å². The Morgan fingerprint density at radius 3 is 2.32 bits per heavy atom. The van der Waals surface area contributed by atoms with E-state index in [1.807, 2.05) is 19.1 Å². The molecule has 0 saturated carbocycles. The highest BCUT2D eigenvalue weighted by Gasteiger charge is 2.16. The molecule has 0 radical (unpaired) electrons. The van der Waals surface area contributed by atoms with Crippen LogP contribution < -0.4 is 4.74 Å². The van der Waals surface area contributed by atoms with Gasteiger partial charge in [-0.25, -0.2) is 0 Å². The average molecular weight is 319 g/mol. The summed E-state index contributed by atoms with van der Waals surface area (Å²) in [5, 5.41) is 3.72. The molecule has 0 unspecified atom stereocenters. The zero-order valence-electron chi connectivity index (χ0n) is 12.6. The van der Waals surface area contributed by atoms with Crippen LogP contribution in [0.5, 0.6) is 5.75 Å². The van der Waals surface area contributed by atoms with Gasteiger partial charge in [0.25, 0.3) is 0 Å². The van der Waals surface area contributed by atoms with Crippen molar-refractivity contribution in [2.24, 2.45) is 5.16 Å². The Labute approximate surface area is 130 Å². The number of ether oxygens (including phenoxy) is 1. The molecule has 0 saturated heterocycles. The topological polar surface area (TPSA) is 65.0 Å². The van der Waals surface area contributed by atoms with E-state index < -0.39 is 10.1 Å². The second kappa shape index (κ2) is 6.62. The van der Waals surface area contributed by atoms with E-state index in [-0.39, 0.29) is 4.90 Å². The van der Waals surface area contributed by atoms with Gasteiger partial charge in [-0.3, -0.25) is 4.28 Å². The van der Waals surface area contributed by atoms with Crippen molar-refractivity contribution >= 4 is 15.8 Å². The normalized spacial score (nSPS) is 12.0. The maximum atomic E-state index is 12.1. The molecule has 2 aromatic carbocycles. The molecule has 0 fully saturated rings. The lowest BCUT2D eigenvalue weighted by Gasteiger charge is -2.07. The summed E-state index contributed by atoms with van der Waals surface area (Å²) in [4.78, 5) is 0.0645. The van der Waals surface area contributed by atoms with Gasteiger partial charge in [0.15, 0.2) is 0 Å². The molecule has 116 valence electrons. The van der Waals surface area contributed by atoms with Gasteiger partial charge in [0.2, 0.25) is 0 Å². The van der Waals surface area contributed by atoms with Gasteiger partial charge in [0.05, 0.1) is 12.8 Å². The van der Waals surface area contributed by atoms with E-state index in [9.17, 15) is 8.42 Å².